The summed E-state index contributed by atoms with van der Waals surface area (Å²) in [6.07, 6.45) is 0. The number of hydrogen-bond donors (Lipinski definition) is 0. The van der Waals surface area contributed by atoms with Crippen molar-refractivity contribution in [2.45, 2.75) is 0 Å². The minimum Gasteiger partial charge on any atom is -0.467 e. The monoisotopic (exact) mass is 262 g/mol. The summed E-state index contributed by atoms with van der Waals surface area (Å²) >= 11 is 5.75. The van der Waals surface area contributed by atoms with Gasteiger partial charge in [-0.1, -0.05) is 0 Å². The van der Waals surface area contributed by atoms with Gasteiger partial charge in [-0.15, -0.1) is 0 Å². The Balaban J connectivity index is 2.19. The Morgan fingerprint density at radius 1 is 1.31 bits per heavy atom. The third kappa shape index (κ3) is 2.59. The largest absolute Gasteiger partial charge is 0.467 e. The summed E-state index contributed by atoms with van der Waals surface area (Å²) in [6, 6.07) is 0.196. The lowest BCUT2D eigenvalue weighted by Crippen LogP contribution is -2.38. The van der Waals surface area contributed by atoms with Gasteiger partial charge >= 0.3 is 6.01 Å². The average Bonchev–Trinajstić information content (AvgIpc) is 2.29. The lowest BCUT2D eigenvalue weighted by atomic mass is 10.5. The first kappa shape index (κ1) is 11.5. The number of halogens is 1. The van der Waals surface area contributed by atoms with E-state index in [-0.39, 0.29) is 11.3 Å². The van der Waals surface area contributed by atoms with Gasteiger partial charge in [-0.05, 0) is 11.6 Å². The third-order valence-electron chi connectivity index (χ3n) is 2.22. The van der Waals surface area contributed by atoms with E-state index in [1.807, 2.05) is 4.90 Å². The SMILES string of the molecule is COc1nc(Cl)nc(N2CCS(=O)CC2)n1. The van der Waals surface area contributed by atoms with Crippen molar-refractivity contribution < 1.29 is 8.95 Å². The van der Waals surface area contributed by atoms with Crippen molar-refractivity contribution in [3.63, 3.8) is 0 Å². The van der Waals surface area contributed by atoms with Gasteiger partial charge in [-0.25, -0.2) is 0 Å². The summed E-state index contributed by atoms with van der Waals surface area (Å²) in [7, 11) is 0.749. The molecule has 1 aliphatic rings. The van der Waals surface area contributed by atoms with Crippen LogP contribution in [0, 0.1) is 0 Å². The van der Waals surface area contributed by atoms with Gasteiger partial charge in [0.1, 0.15) is 0 Å². The van der Waals surface area contributed by atoms with Crippen LogP contribution in [0.2, 0.25) is 5.28 Å². The average molecular weight is 263 g/mol. The van der Waals surface area contributed by atoms with E-state index < -0.39 is 10.8 Å². The van der Waals surface area contributed by atoms with E-state index in [1.54, 1.807) is 0 Å². The van der Waals surface area contributed by atoms with E-state index in [0.717, 1.165) is 0 Å². The van der Waals surface area contributed by atoms with Crippen LogP contribution in [-0.2, 0) is 10.8 Å². The molecule has 0 atom stereocenters. The Labute approximate surface area is 100 Å². The first-order valence-corrected chi connectivity index (χ1v) is 6.61. The van der Waals surface area contributed by atoms with Crippen molar-refractivity contribution in [2.75, 3.05) is 36.6 Å². The number of methoxy groups -OCH3 is 1. The molecule has 0 spiro atoms. The molecule has 0 amide bonds. The molecule has 88 valence electrons. The Bertz CT molecular complexity index is 407. The van der Waals surface area contributed by atoms with E-state index in [4.69, 9.17) is 16.3 Å². The number of aromatic nitrogens is 3. The van der Waals surface area contributed by atoms with Crippen molar-refractivity contribution in [3.05, 3.63) is 5.28 Å². The molecule has 0 unspecified atom stereocenters. The highest BCUT2D eigenvalue weighted by atomic mass is 35.5. The molecule has 1 aliphatic heterocycles. The van der Waals surface area contributed by atoms with Gasteiger partial charge in [0.25, 0.3) is 0 Å². The normalized spacial score (nSPS) is 17.5. The first-order chi connectivity index (χ1) is 7.69. The summed E-state index contributed by atoms with van der Waals surface area (Å²) in [5, 5.41) is 0.105. The van der Waals surface area contributed by atoms with Crippen LogP contribution in [0.4, 0.5) is 5.95 Å². The molecule has 8 heteroatoms. The van der Waals surface area contributed by atoms with Crippen LogP contribution in [-0.4, -0.2) is 50.9 Å². The molecule has 2 heterocycles. The van der Waals surface area contributed by atoms with Gasteiger partial charge in [-0.3, -0.25) is 4.21 Å². The Morgan fingerprint density at radius 3 is 2.62 bits per heavy atom. The summed E-state index contributed by atoms with van der Waals surface area (Å²) in [6.45, 7) is 1.33. The molecule has 1 aromatic rings. The maximum absolute atomic E-state index is 11.2. The van der Waals surface area contributed by atoms with Crippen LogP contribution in [0.3, 0.4) is 0 Å². The molecule has 0 bridgehead atoms. The molecule has 2 rings (SSSR count). The summed E-state index contributed by atoms with van der Waals surface area (Å²) in [5.41, 5.74) is 0. The van der Waals surface area contributed by atoms with E-state index >= 15 is 0 Å². The number of nitrogens with zero attached hydrogens (tertiary/aromatic N) is 4. The lowest BCUT2D eigenvalue weighted by molar-refractivity contribution is 0.378. The smallest absolute Gasteiger partial charge is 0.322 e. The van der Waals surface area contributed by atoms with Crippen LogP contribution in [0.15, 0.2) is 0 Å². The minimum absolute atomic E-state index is 0.105. The van der Waals surface area contributed by atoms with Gasteiger partial charge < -0.3 is 9.64 Å². The maximum atomic E-state index is 11.2. The predicted octanol–water partition coefficient (Wildman–Crippen LogP) is 0.102. The van der Waals surface area contributed by atoms with Crippen molar-refractivity contribution in [1.82, 2.24) is 15.0 Å². The van der Waals surface area contributed by atoms with E-state index in [2.05, 4.69) is 15.0 Å². The van der Waals surface area contributed by atoms with Gasteiger partial charge in [0.05, 0.1) is 7.11 Å². The zero-order valence-electron chi connectivity index (χ0n) is 8.72. The van der Waals surface area contributed by atoms with Crippen LogP contribution in [0.1, 0.15) is 0 Å². The number of ether oxygens (including phenoxy) is 1. The lowest BCUT2D eigenvalue weighted by Gasteiger charge is -2.26. The highest BCUT2D eigenvalue weighted by molar-refractivity contribution is 7.85. The summed E-state index contributed by atoms with van der Waals surface area (Å²) < 4.78 is 16.1. The van der Waals surface area contributed by atoms with Gasteiger partial charge in [0.15, 0.2) is 0 Å². The van der Waals surface area contributed by atoms with Crippen LogP contribution in [0.5, 0.6) is 6.01 Å². The van der Waals surface area contributed by atoms with Crippen LogP contribution in [0.25, 0.3) is 0 Å². The topological polar surface area (TPSA) is 68.2 Å². The first-order valence-electron chi connectivity index (χ1n) is 4.74. The molecule has 0 aliphatic carbocycles. The van der Waals surface area contributed by atoms with E-state index in [0.29, 0.717) is 30.5 Å². The molecule has 16 heavy (non-hydrogen) atoms. The second-order valence-corrected chi connectivity index (χ2v) is 5.26. The third-order valence-corrected chi connectivity index (χ3v) is 3.66. The van der Waals surface area contributed by atoms with E-state index in [1.165, 1.54) is 7.11 Å². The fourth-order valence-electron chi connectivity index (χ4n) is 1.39. The second-order valence-electron chi connectivity index (χ2n) is 3.23. The summed E-state index contributed by atoms with van der Waals surface area (Å²) in [5.74, 6) is 1.74. The van der Waals surface area contributed by atoms with Gasteiger partial charge in [0, 0.05) is 35.4 Å². The molecule has 1 aromatic heterocycles. The zero-order chi connectivity index (χ0) is 11.5. The predicted molar refractivity (Wildman–Crippen MR) is 61.5 cm³/mol. The molecule has 0 saturated carbocycles. The fraction of sp³-hybridized carbons (Fsp3) is 0.625. The van der Waals surface area contributed by atoms with Gasteiger partial charge in [-0.2, -0.15) is 15.0 Å². The molecule has 6 nitrogen and oxygen atoms in total. The number of hydrogen-bond acceptors (Lipinski definition) is 6. The van der Waals surface area contributed by atoms with Crippen molar-refractivity contribution in [1.29, 1.82) is 0 Å². The zero-order valence-corrected chi connectivity index (χ0v) is 10.3. The van der Waals surface area contributed by atoms with E-state index in [9.17, 15) is 4.21 Å². The Morgan fingerprint density at radius 2 is 2.00 bits per heavy atom. The molecular formula is C8H11ClN4O2S. The second kappa shape index (κ2) is 4.92. The molecular weight excluding hydrogens is 252 g/mol. The fourth-order valence-corrected chi connectivity index (χ4v) is 2.59. The molecule has 0 N–H and O–H groups in total. The Kier molecular flexibility index (Phi) is 3.55. The molecule has 1 saturated heterocycles. The highest BCUT2D eigenvalue weighted by Gasteiger charge is 2.19. The number of rotatable bonds is 2. The standard InChI is InChI=1S/C8H11ClN4O2S/c1-15-8-11-6(9)10-7(12-8)13-2-4-16(14)5-3-13/h2-5H2,1H3. The summed E-state index contributed by atoms with van der Waals surface area (Å²) in [4.78, 5) is 13.8. The maximum Gasteiger partial charge on any atom is 0.322 e. The van der Waals surface area contributed by atoms with Crippen molar-refractivity contribution in [2.24, 2.45) is 0 Å². The highest BCUT2D eigenvalue weighted by Crippen LogP contribution is 2.16. The molecule has 1 fully saturated rings. The number of anilines is 1. The van der Waals surface area contributed by atoms with Crippen LogP contribution < -0.4 is 9.64 Å². The van der Waals surface area contributed by atoms with Crippen molar-refractivity contribution in [3.8, 4) is 6.01 Å². The van der Waals surface area contributed by atoms with Crippen molar-refractivity contribution >= 4 is 28.3 Å². The Hall–Kier alpha value is -0.950. The molecule has 0 radical (unpaired) electrons. The van der Waals surface area contributed by atoms with Crippen LogP contribution >= 0.6 is 11.6 Å². The van der Waals surface area contributed by atoms with Gasteiger partial charge in [0.2, 0.25) is 11.2 Å². The minimum atomic E-state index is -0.724. The molecule has 0 aromatic carbocycles. The quantitative estimate of drug-likeness (QED) is 0.753.